The second kappa shape index (κ2) is 7.36. The highest BCUT2D eigenvalue weighted by molar-refractivity contribution is 8.13. The Kier molecular flexibility index (Phi) is 6.48. The number of hydrogen-bond acceptors (Lipinski definition) is 5. The maximum absolute atomic E-state index is 11.7. The quantitative estimate of drug-likeness (QED) is 0.771. The van der Waals surface area contributed by atoms with E-state index < -0.39 is 0 Å². The van der Waals surface area contributed by atoms with Gasteiger partial charge in [-0.25, -0.2) is 0 Å². The van der Waals surface area contributed by atoms with Crippen molar-refractivity contribution in [3.8, 4) is 0 Å². The molecule has 2 N–H and O–H groups in total. The van der Waals surface area contributed by atoms with E-state index in [9.17, 15) is 4.79 Å². The van der Waals surface area contributed by atoms with Crippen molar-refractivity contribution >= 4 is 16.9 Å². The molecule has 0 amide bonds. The molecule has 0 aromatic rings. The van der Waals surface area contributed by atoms with Crippen LogP contribution in [0.5, 0.6) is 0 Å². The van der Waals surface area contributed by atoms with E-state index in [1.165, 1.54) is 11.8 Å². The Hall–Kier alpha value is -0.100. The predicted molar refractivity (Wildman–Crippen MR) is 72.2 cm³/mol. The van der Waals surface area contributed by atoms with Crippen molar-refractivity contribution < 1.29 is 9.53 Å². The van der Waals surface area contributed by atoms with Gasteiger partial charge in [-0.15, -0.1) is 0 Å². The number of carbonyl (C=O) groups excluding carboxylic acids is 1. The van der Waals surface area contributed by atoms with Gasteiger partial charge in [-0.1, -0.05) is 25.6 Å². The first kappa shape index (κ1) is 15.0. The van der Waals surface area contributed by atoms with Gasteiger partial charge in [-0.05, 0) is 12.0 Å². The van der Waals surface area contributed by atoms with Gasteiger partial charge >= 0.3 is 0 Å². The monoisotopic (exact) mass is 260 g/mol. The number of morpholine rings is 1. The number of rotatable bonds is 6. The lowest BCUT2D eigenvalue weighted by molar-refractivity contribution is -0.111. The van der Waals surface area contributed by atoms with Crippen LogP contribution in [0, 0.1) is 5.41 Å². The first-order valence-corrected chi connectivity index (χ1v) is 7.18. The molecule has 0 spiro atoms. The van der Waals surface area contributed by atoms with Gasteiger partial charge in [0.25, 0.3) is 0 Å². The summed E-state index contributed by atoms with van der Waals surface area (Å²) in [5.41, 5.74) is 5.69. The fraction of sp³-hybridized carbons (Fsp3) is 0.917. The summed E-state index contributed by atoms with van der Waals surface area (Å²) in [5, 5.41) is 0.276. The maximum Gasteiger partial charge on any atom is 0.190 e. The van der Waals surface area contributed by atoms with E-state index in [2.05, 4.69) is 18.7 Å². The number of carbonyl (C=O) groups is 1. The van der Waals surface area contributed by atoms with Crippen LogP contribution < -0.4 is 5.73 Å². The molecule has 0 aromatic carbocycles. The molecule has 0 radical (unpaired) electrons. The highest BCUT2D eigenvalue weighted by Gasteiger charge is 2.18. The summed E-state index contributed by atoms with van der Waals surface area (Å²) in [5.74, 6) is 0.811. The molecule has 0 aromatic heterocycles. The Bertz CT molecular complexity index is 241. The Morgan fingerprint density at radius 1 is 1.41 bits per heavy atom. The highest BCUT2D eigenvalue weighted by atomic mass is 32.2. The molecule has 0 atom stereocenters. The summed E-state index contributed by atoms with van der Waals surface area (Å²) in [6, 6.07) is 0. The second-order valence-corrected chi connectivity index (χ2v) is 6.27. The summed E-state index contributed by atoms with van der Waals surface area (Å²) in [4.78, 5) is 14.0. The zero-order valence-electron chi connectivity index (χ0n) is 10.9. The van der Waals surface area contributed by atoms with Crippen LogP contribution in [-0.2, 0) is 9.53 Å². The van der Waals surface area contributed by atoms with Crippen LogP contribution in [0.3, 0.4) is 0 Å². The molecule has 17 heavy (non-hydrogen) atoms. The second-order valence-electron chi connectivity index (χ2n) is 5.23. The topological polar surface area (TPSA) is 55.6 Å². The molecule has 1 saturated heterocycles. The highest BCUT2D eigenvalue weighted by Crippen LogP contribution is 2.21. The van der Waals surface area contributed by atoms with Crippen LogP contribution in [0.2, 0.25) is 0 Å². The van der Waals surface area contributed by atoms with Crippen molar-refractivity contribution in [2.45, 2.75) is 20.3 Å². The number of nitrogens with zero attached hydrogens (tertiary/aromatic N) is 1. The molecule has 4 nitrogen and oxygen atoms in total. The number of ether oxygens (including phenoxy) is 1. The summed E-state index contributed by atoms with van der Waals surface area (Å²) in [7, 11) is 0. The van der Waals surface area contributed by atoms with Gasteiger partial charge in [0, 0.05) is 31.8 Å². The first-order chi connectivity index (χ1) is 8.03. The fourth-order valence-corrected chi connectivity index (χ4v) is 2.39. The molecule has 1 aliphatic heterocycles. The lowest BCUT2D eigenvalue weighted by Gasteiger charge is -2.26. The Morgan fingerprint density at radius 3 is 2.65 bits per heavy atom. The van der Waals surface area contributed by atoms with Crippen molar-refractivity contribution in [2.75, 3.05) is 45.1 Å². The zero-order chi connectivity index (χ0) is 12.7. The van der Waals surface area contributed by atoms with E-state index in [0.29, 0.717) is 13.0 Å². The summed E-state index contributed by atoms with van der Waals surface area (Å²) >= 11 is 1.42. The molecule has 0 bridgehead atoms. The number of nitrogens with two attached hydrogens (primary N) is 1. The minimum absolute atomic E-state index is 0.0549. The van der Waals surface area contributed by atoms with Crippen molar-refractivity contribution in [3.63, 3.8) is 0 Å². The molecule has 100 valence electrons. The van der Waals surface area contributed by atoms with E-state index in [4.69, 9.17) is 10.5 Å². The fourth-order valence-electron chi connectivity index (χ4n) is 1.48. The van der Waals surface area contributed by atoms with Crippen LogP contribution in [0.25, 0.3) is 0 Å². The molecule has 1 rings (SSSR count). The Morgan fingerprint density at radius 2 is 2.06 bits per heavy atom. The van der Waals surface area contributed by atoms with E-state index in [1.807, 2.05) is 0 Å². The van der Waals surface area contributed by atoms with Gasteiger partial charge in [0.2, 0.25) is 0 Å². The normalized spacial score (nSPS) is 18.3. The maximum atomic E-state index is 11.7. The van der Waals surface area contributed by atoms with Crippen LogP contribution in [-0.4, -0.2) is 55.2 Å². The van der Waals surface area contributed by atoms with Crippen molar-refractivity contribution in [1.82, 2.24) is 4.90 Å². The lowest BCUT2D eigenvalue weighted by Crippen LogP contribution is -2.37. The Labute approximate surface area is 108 Å². The van der Waals surface area contributed by atoms with Crippen LogP contribution in [0.1, 0.15) is 20.3 Å². The third kappa shape index (κ3) is 6.41. The van der Waals surface area contributed by atoms with E-state index >= 15 is 0 Å². The van der Waals surface area contributed by atoms with Crippen LogP contribution >= 0.6 is 11.8 Å². The SMILES string of the molecule is CC(C)(CN)CSC(=O)CCN1CCOCC1. The standard InChI is InChI=1S/C12H24N2O2S/c1-12(2,9-13)10-17-11(15)3-4-14-5-7-16-8-6-14/h3-10,13H2,1-2H3. The van der Waals surface area contributed by atoms with Crippen molar-refractivity contribution in [3.05, 3.63) is 0 Å². The van der Waals surface area contributed by atoms with Gasteiger partial charge in [0.15, 0.2) is 5.12 Å². The first-order valence-electron chi connectivity index (χ1n) is 6.19. The number of thioether (sulfide) groups is 1. The van der Waals surface area contributed by atoms with Gasteiger partial charge in [-0.2, -0.15) is 0 Å². The summed E-state index contributed by atoms with van der Waals surface area (Å²) in [6.07, 6.45) is 0.630. The van der Waals surface area contributed by atoms with Gasteiger partial charge in [0.1, 0.15) is 0 Å². The summed E-state index contributed by atoms with van der Waals surface area (Å²) < 4.78 is 5.27. The minimum atomic E-state index is 0.0549. The van der Waals surface area contributed by atoms with Crippen molar-refractivity contribution in [1.29, 1.82) is 0 Å². The molecule has 1 fully saturated rings. The third-order valence-corrected chi connectivity index (χ3v) is 4.36. The number of hydrogen-bond donors (Lipinski definition) is 1. The average molecular weight is 260 g/mol. The molecule has 0 unspecified atom stereocenters. The van der Waals surface area contributed by atoms with Crippen LogP contribution in [0.4, 0.5) is 0 Å². The van der Waals surface area contributed by atoms with Gasteiger partial charge in [0.05, 0.1) is 13.2 Å². The summed E-state index contributed by atoms with van der Waals surface area (Å²) in [6.45, 7) is 9.15. The molecular formula is C12H24N2O2S. The van der Waals surface area contributed by atoms with Gasteiger partial charge in [-0.3, -0.25) is 9.69 Å². The van der Waals surface area contributed by atoms with E-state index in [0.717, 1.165) is 38.6 Å². The lowest BCUT2D eigenvalue weighted by atomic mass is 9.97. The largest absolute Gasteiger partial charge is 0.379 e. The molecule has 1 aliphatic rings. The van der Waals surface area contributed by atoms with Crippen molar-refractivity contribution in [2.24, 2.45) is 11.1 Å². The predicted octanol–water partition coefficient (Wildman–Crippen LogP) is 0.953. The zero-order valence-corrected chi connectivity index (χ0v) is 11.7. The average Bonchev–Trinajstić information content (AvgIpc) is 2.35. The Balaban J connectivity index is 2.12. The van der Waals surface area contributed by atoms with Crippen LogP contribution in [0.15, 0.2) is 0 Å². The molecule has 5 heteroatoms. The minimum Gasteiger partial charge on any atom is -0.379 e. The molecule has 0 saturated carbocycles. The smallest absolute Gasteiger partial charge is 0.190 e. The third-order valence-electron chi connectivity index (χ3n) is 2.91. The van der Waals surface area contributed by atoms with Gasteiger partial charge < -0.3 is 10.5 Å². The molecule has 1 heterocycles. The van der Waals surface area contributed by atoms with E-state index in [1.54, 1.807) is 0 Å². The van der Waals surface area contributed by atoms with E-state index in [-0.39, 0.29) is 10.5 Å². The molecule has 0 aliphatic carbocycles. The molecular weight excluding hydrogens is 236 g/mol.